The number of nitrogens with two attached hydrogens (primary N) is 2. The van der Waals surface area contributed by atoms with Gasteiger partial charge in [0, 0.05) is 50.7 Å². The molecule has 2 aliphatic carbocycles. The Bertz CT molecular complexity index is 829. The number of nitrogens with zero attached hydrogens (tertiary/aromatic N) is 4. The van der Waals surface area contributed by atoms with E-state index in [2.05, 4.69) is 45.4 Å². The van der Waals surface area contributed by atoms with Crippen LogP contribution in [0.3, 0.4) is 0 Å². The van der Waals surface area contributed by atoms with E-state index in [4.69, 9.17) is 21.2 Å². The third kappa shape index (κ3) is 6.02. The third-order valence-electron chi connectivity index (χ3n) is 7.11. The molecule has 0 aromatic carbocycles. The van der Waals surface area contributed by atoms with E-state index in [1.165, 1.54) is 0 Å². The van der Waals surface area contributed by atoms with Gasteiger partial charge in [0.25, 0.3) is 5.91 Å². The van der Waals surface area contributed by atoms with E-state index in [9.17, 15) is 4.79 Å². The Labute approximate surface area is 197 Å². The minimum absolute atomic E-state index is 0.0859. The number of allylic oxidation sites excluding steroid dienone is 1. The number of primary amides is 1. The second-order valence-electron chi connectivity index (χ2n) is 9.63. The van der Waals surface area contributed by atoms with Crippen LogP contribution in [0.15, 0.2) is 34.0 Å². The van der Waals surface area contributed by atoms with E-state index in [0.717, 1.165) is 64.0 Å². The van der Waals surface area contributed by atoms with Crippen molar-refractivity contribution in [1.29, 1.82) is 0 Å². The fourth-order valence-electron chi connectivity index (χ4n) is 4.90. The number of hydrogen-bond acceptors (Lipinski definition) is 8. The summed E-state index contributed by atoms with van der Waals surface area (Å²) < 4.78 is 6.23. The van der Waals surface area contributed by atoms with Crippen LogP contribution in [0.2, 0.25) is 0 Å². The van der Waals surface area contributed by atoms with Crippen LogP contribution in [0.4, 0.5) is 0 Å². The topological polar surface area (TPSA) is 122 Å². The average molecular weight is 458 g/mol. The van der Waals surface area contributed by atoms with Gasteiger partial charge in [0.05, 0.1) is 5.76 Å². The summed E-state index contributed by atoms with van der Waals surface area (Å²) in [6.07, 6.45) is 11.3. The molecule has 182 valence electrons. The van der Waals surface area contributed by atoms with Crippen LogP contribution in [-0.2, 0) is 9.53 Å². The van der Waals surface area contributed by atoms with Gasteiger partial charge in [-0.3, -0.25) is 14.7 Å². The molecule has 4 rings (SSSR count). The van der Waals surface area contributed by atoms with Crippen LogP contribution in [0.1, 0.15) is 45.4 Å². The van der Waals surface area contributed by atoms with Gasteiger partial charge in [0.2, 0.25) is 6.23 Å². The van der Waals surface area contributed by atoms with Crippen molar-refractivity contribution in [2.45, 2.75) is 75.8 Å². The SMILES string of the molecule is CCC1N=C(C(N)=O)C(NC2C=CC(N3CCN(C)CC3)CC2)=NC1OC1=CCC(N)CC1. The lowest BCUT2D eigenvalue weighted by molar-refractivity contribution is -0.111. The van der Waals surface area contributed by atoms with Crippen molar-refractivity contribution in [3.63, 3.8) is 0 Å². The number of amidine groups is 1. The number of rotatable bonds is 6. The van der Waals surface area contributed by atoms with E-state index < -0.39 is 12.1 Å². The van der Waals surface area contributed by atoms with Crippen LogP contribution >= 0.6 is 0 Å². The fourth-order valence-corrected chi connectivity index (χ4v) is 4.90. The van der Waals surface area contributed by atoms with E-state index in [1.54, 1.807) is 0 Å². The average Bonchev–Trinajstić information content (AvgIpc) is 2.81. The summed E-state index contributed by atoms with van der Waals surface area (Å²) in [5.74, 6) is 0.794. The predicted molar refractivity (Wildman–Crippen MR) is 131 cm³/mol. The smallest absolute Gasteiger partial charge is 0.270 e. The highest BCUT2D eigenvalue weighted by Gasteiger charge is 2.33. The molecule has 5 N–H and O–H groups in total. The first-order valence-corrected chi connectivity index (χ1v) is 12.4. The highest BCUT2D eigenvalue weighted by molar-refractivity contribution is 6.66. The van der Waals surface area contributed by atoms with Crippen LogP contribution in [-0.4, -0.2) is 90.9 Å². The molecule has 0 spiro atoms. The van der Waals surface area contributed by atoms with E-state index in [1.807, 2.05) is 6.92 Å². The van der Waals surface area contributed by atoms with Crippen molar-refractivity contribution in [3.05, 3.63) is 24.0 Å². The van der Waals surface area contributed by atoms with Crippen LogP contribution in [0.25, 0.3) is 0 Å². The summed E-state index contributed by atoms with van der Waals surface area (Å²) in [4.78, 5) is 26.5. The summed E-state index contributed by atoms with van der Waals surface area (Å²) in [5.41, 5.74) is 11.9. The van der Waals surface area contributed by atoms with Crippen molar-refractivity contribution < 1.29 is 9.53 Å². The number of carbonyl (C=O) groups excluding carboxylic acids is 1. The first-order valence-electron chi connectivity index (χ1n) is 12.4. The van der Waals surface area contributed by atoms with Gasteiger partial charge in [0.1, 0.15) is 6.04 Å². The Morgan fingerprint density at radius 2 is 1.97 bits per heavy atom. The normalized spacial score (nSPS) is 33.7. The number of nitrogens with one attached hydrogen (secondary N) is 1. The van der Waals surface area contributed by atoms with Crippen LogP contribution in [0, 0.1) is 0 Å². The molecule has 2 heterocycles. The fraction of sp³-hybridized carbons (Fsp3) is 0.708. The molecule has 5 unspecified atom stereocenters. The molecule has 5 atom stereocenters. The van der Waals surface area contributed by atoms with Crippen molar-refractivity contribution >= 4 is 17.5 Å². The highest BCUT2D eigenvalue weighted by Crippen LogP contribution is 2.25. The van der Waals surface area contributed by atoms with Gasteiger partial charge >= 0.3 is 0 Å². The molecule has 1 fully saturated rings. The van der Waals surface area contributed by atoms with Gasteiger partial charge in [-0.05, 0) is 45.2 Å². The maximum atomic E-state index is 12.2. The summed E-state index contributed by atoms with van der Waals surface area (Å²) >= 11 is 0. The standard InChI is InChI=1S/C24H39N7O2/c1-3-20-24(33-19-10-4-16(25)5-11-19)29-23(21(28-20)22(26)32)27-17-6-8-18(9-7-17)31-14-12-30(2)13-15-31/h6,8,10,16-18,20,24H,3-5,7,9,11-15,25H2,1-2H3,(H2,26,32)(H,27,29). The molecule has 1 saturated heterocycles. The molecule has 33 heavy (non-hydrogen) atoms. The quantitative estimate of drug-likeness (QED) is 0.507. The van der Waals surface area contributed by atoms with Gasteiger partial charge in [0.15, 0.2) is 11.5 Å². The maximum absolute atomic E-state index is 12.2. The lowest BCUT2D eigenvalue weighted by Crippen LogP contribution is -2.51. The molecular weight excluding hydrogens is 418 g/mol. The molecule has 0 saturated carbocycles. The molecule has 9 heteroatoms. The third-order valence-corrected chi connectivity index (χ3v) is 7.11. The van der Waals surface area contributed by atoms with E-state index >= 15 is 0 Å². The van der Waals surface area contributed by atoms with Crippen molar-refractivity contribution in [2.75, 3.05) is 33.2 Å². The zero-order valence-corrected chi connectivity index (χ0v) is 19.9. The minimum atomic E-state index is -0.559. The number of amides is 1. The second kappa shape index (κ2) is 10.8. The first kappa shape index (κ1) is 23.9. The number of piperazine rings is 1. The number of ether oxygens (including phenoxy) is 1. The lowest BCUT2D eigenvalue weighted by atomic mass is 9.96. The minimum Gasteiger partial charge on any atom is -0.471 e. The number of aliphatic imine (C=N–C) groups is 2. The molecular formula is C24H39N7O2. The van der Waals surface area contributed by atoms with Crippen LogP contribution in [0.5, 0.6) is 0 Å². The summed E-state index contributed by atoms with van der Waals surface area (Å²) in [5, 5.41) is 3.42. The Hall–Kier alpha value is -2.23. The summed E-state index contributed by atoms with van der Waals surface area (Å²) in [6.45, 7) is 6.46. The number of likely N-dealkylation sites (N-methyl/N-ethyl adjacent to an activating group) is 1. The summed E-state index contributed by atoms with van der Waals surface area (Å²) in [7, 11) is 2.18. The predicted octanol–water partition coefficient (Wildman–Crippen LogP) is 0.765. The molecule has 9 nitrogen and oxygen atoms in total. The molecule has 0 radical (unpaired) electrons. The van der Waals surface area contributed by atoms with Crippen LogP contribution < -0.4 is 16.8 Å². The van der Waals surface area contributed by atoms with Gasteiger partial charge in [-0.15, -0.1) is 0 Å². The number of hydrogen-bond donors (Lipinski definition) is 3. The Morgan fingerprint density at radius 1 is 1.18 bits per heavy atom. The zero-order valence-electron chi connectivity index (χ0n) is 19.9. The molecule has 1 amide bonds. The van der Waals surface area contributed by atoms with Gasteiger partial charge < -0.3 is 26.4 Å². The molecule has 0 aromatic heterocycles. The lowest BCUT2D eigenvalue weighted by Gasteiger charge is -2.39. The Kier molecular flexibility index (Phi) is 7.82. The Balaban J connectivity index is 1.43. The zero-order chi connectivity index (χ0) is 23.4. The second-order valence-corrected chi connectivity index (χ2v) is 9.63. The van der Waals surface area contributed by atoms with Crippen molar-refractivity contribution in [2.24, 2.45) is 21.5 Å². The van der Waals surface area contributed by atoms with Crippen molar-refractivity contribution in [1.82, 2.24) is 15.1 Å². The van der Waals surface area contributed by atoms with Gasteiger partial charge in [-0.1, -0.05) is 19.1 Å². The van der Waals surface area contributed by atoms with E-state index in [-0.39, 0.29) is 23.8 Å². The monoisotopic (exact) mass is 457 g/mol. The van der Waals surface area contributed by atoms with Crippen molar-refractivity contribution in [3.8, 4) is 0 Å². The molecule has 0 aromatic rings. The molecule has 4 aliphatic rings. The molecule has 2 aliphatic heterocycles. The molecule has 0 bridgehead atoms. The largest absolute Gasteiger partial charge is 0.471 e. The maximum Gasteiger partial charge on any atom is 0.270 e. The highest BCUT2D eigenvalue weighted by atomic mass is 16.5. The number of carbonyl (C=O) groups is 1. The Morgan fingerprint density at radius 3 is 2.58 bits per heavy atom. The first-order chi connectivity index (χ1) is 15.9. The van der Waals surface area contributed by atoms with Gasteiger partial charge in [-0.2, -0.15) is 0 Å². The van der Waals surface area contributed by atoms with Gasteiger partial charge in [-0.25, -0.2) is 4.99 Å². The summed E-state index contributed by atoms with van der Waals surface area (Å²) in [6, 6.07) is 0.513. The van der Waals surface area contributed by atoms with E-state index in [0.29, 0.717) is 18.3 Å².